The maximum absolute atomic E-state index is 12.9. The molecule has 2 aliphatic rings. The highest BCUT2D eigenvalue weighted by Gasteiger charge is 2.35. The Morgan fingerprint density at radius 2 is 2.10 bits per heavy atom. The van der Waals surface area contributed by atoms with Gasteiger partial charge in [-0.2, -0.15) is 4.79 Å². The van der Waals surface area contributed by atoms with Crippen LogP contribution in [-0.4, -0.2) is 58.5 Å². The van der Waals surface area contributed by atoms with E-state index in [1.807, 2.05) is 25.3 Å². The van der Waals surface area contributed by atoms with Gasteiger partial charge in [0.2, 0.25) is 0 Å². The number of amides is 1. The second kappa shape index (κ2) is 8.23. The predicted octanol–water partition coefficient (Wildman–Crippen LogP) is 5.18. The lowest BCUT2D eigenvalue weighted by Gasteiger charge is -2.22. The van der Waals surface area contributed by atoms with E-state index in [-0.39, 0.29) is 6.09 Å². The summed E-state index contributed by atoms with van der Waals surface area (Å²) in [6, 6.07) is 6.43. The van der Waals surface area contributed by atoms with Gasteiger partial charge in [-0.05, 0) is 64.4 Å². The third kappa shape index (κ3) is 4.65. The van der Waals surface area contributed by atoms with Crippen LogP contribution in [0, 0.1) is 5.92 Å². The van der Waals surface area contributed by atoms with E-state index in [0.717, 1.165) is 54.2 Å². The average Bonchev–Trinajstić information content (AvgIpc) is 3.10. The second-order valence-electron chi connectivity index (χ2n) is 9.62. The number of aromatic nitrogens is 1. The minimum Gasteiger partial charge on any atom is -0.406 e. The summed E-state index contributed by atoms with van der Waals surface area (Å²) in [5.74, 6) is 0.465. The molecule has 1 aromatic carbocycles. The molecule has 0 radical (unpaired) electrons. The third-order valence-corrected chi connectivity index (χ3v) is 6.83. The Morgan fingerprint density at radius 3 is 2.80 bits per heavy atom. The Morgan fingerprint density at radius 1 is 1.30 bits per heavy atom. The first kappa shape index (κ1) is 21.2. The number of rotatable bonds is 2. The fourth-order valence-electron chi connectivity index (χ4n) is 4.04. The van der Waals surface area contributed by atoms with E-state index in [1.165, 1.54) is 10.3 Å². The highest BCUT2D eigenvalue weighted by atomic mass is 32.1. The number of carbonyl (C=O) groups is 1. The molecule has 1 amide bonds. The fraction of sp³-hybridized carbons (Fsp3) is 0.542. The molecule has 5 nitrogen and oxygen atoms in total. The molecular formula is C24H32N3O2S+. The first-order valence-electron chi connectivity index (χ1n) is 10.8. The van der Waals surface area contributed by atoms with Crippen LogP contribution in [0.1, 0.15) is 57.5 Å². The molecule has 2 aromatic rings. The van der Waals surface area contributed by atoms with Crippen molar-refractivity contribution < 1.29 is 14.1 Å². The van der Waals surface area contributed by atoms with E-state index in [1.54, 1.807) is 11.3 Å². The average molecular weight is 427 g/mol. The molecule has 4 rings (SSSR count). The highest BCUT2D eigenvalue weighted by Crippen LogP contribution is 2.31. The summed E-state index contributed by atoms with van der Waals surface area (Å²) in [5, 5.41) is 1.13. The van der Waals surface area contributed by atoms with Crippen molar-refractivity contribution in [1.29, 1.82) is 0 Å². The zero-order valence-corrected chi connectivity index (χ0v) is 19.5. The lowest BCUT2D eigenvalue weighted by atomic mass is 9.94. The predicted molar refractivity (Wildman–Crippen MR) is 124 cm³/mol. The van der Waals surface area contributed by atoms with Crippen molar-refractivity contribution in [3.05, 3.63) is 34.8 Å². The van der Waals surface area contributed by atoms with Gasteiger partial charge in [-0.1, -0.05) is 13.0 Å². The summed E-state index contributed by atoms with van der Waals surface area (Å²) in [6.07, 6.45) is 5.05. The molecule has 0 saturated heterocycles. The standard InChI is InChI=1S/C24H32N3O2S/c1-16-6-8-20(27(15-16)23(28)29-24(2,3)4)18-7-9-21-19(14-18)25-22(30-21)17-10-12-26(5)13-11-17/h7,9-10,14,16H,6,8,11-13,15H2,1-5H3/q+1/t16-/m0/s1. The zero-order chi connectivity index (χ0) is 21.5. The smallest absolute Gasteiger partial charge is 0.406 e. The summed E-state index contributed by atoms with van der Waals surface area (Å²) in [7, 11) is 2.15. The van der Waals surface area contributed by atoms with Crippen molar-refractivity contribution in [2.75, 3.05) is 26.7 Å². The minimum atomic E-state index is -0.502. The molecule has 3 heterocycles. The van der Waals surface area contributed by atoms with Crippen LogP contribution in [0.5, 0.6) is 0 Å². The summed E-state index contributed by atoms with van der Waals surface area (Å²) < 4.78 is 8.74. The zero-order valence-electron chi connectivity index (χ0n) is 18.7. The molecule has 0 aliphatic carbocycles. The van der Waals surface area contributed by atoms with Gasteiger partial charge in [0.15, 0.2) is 12.3 Å². The van der Waals surface area contributed by atoms with Gasteiger partial charge in [-0.15, -0.1) is 15.9 Å². The molecule has 160 valence electrons. The van der Waals surface area contributed by atoms with Crippen molar-refractivity contribution in [1.82, 2.24) is 9.88 Å². The van der Waals surface area contributed by atoms with Crippen LogP contribution in [0.3, 0.4) is 0 Å². The normalized spacial score (nSPS) is 21.1. The van der Waals surface area contributed by atoms with Gasteiger partial charge < -0.3 is 9.64 Å². The van der Waals surface area contributed by atoms with Crippen LogP contribution >= 0.6 is 11.3 Å². The number of nitrogens with zero attached hydrogens (tertiary/aromatic N) is 3. The van der Waals surface area contributed by atoms with E-state index in [9.17, 15) is 4.79 Å². The van der Waals surface area contributed by atoms with Gasteiger partial charge >= 0.3 is 6.09 Å². The Kier molecular flexibility index (Phi) is 5.82. The van der Waals surface area contributed by atoms with Crippen LogP contribution in [-0.2, 0) is 4.74 Å². The first-order valence-corrected chi connectivity index (χ1v) is 11.7. The number of fused-ring (bicyclic) bond motifs is 1. The molecule has 0 spiro atoms. The van der Waals surface area contributed by atoms with Crippen molar-refractivity contribution in [2.45, 2.75) is 52.6 Å². The van der Waals surface area contributed by atoms with Gasteiger partial charge in [-0.3, -0.25) is 0 Å². The summed E-state index contributed by atoms with van der Waals surface area (Å²) in [6.45, 7) is 10.7. The molecule has 30 heavy (non-hydrogen) atoms. The molecule has 0 N–H and O–H groups in total. The van der Waals surface area contributed by atoms with E-state index < -0.39 is 5.60 Å². The molecular weight excluding hydrogens is 394 g/mol. The highest BCUT2D eigenvalue weighted by molar-refractivity contribution is 7.19. The number of likely N-dealkylation sites (N-methyl/N-ethyl adjacent to an activating group) is 1. The second-order valence-corrected chi connectivity index (χ2v) is 10.7. The molecule has 0 unspecified atom stereocenters. The summed E-state index contributed by atoms with van der Waals surface area (Å²) in [5.41, 5.74) is 4.00. The van der Waals surface area contributed by atoms with E-state index >= 15 is 0 Å². The van der Waals surface area contributed by atoms with Crippen LogP contribution in [0.15, 0.2) is 24.3 Å². The number of hydrogen-bond donors (Lipinski definition) is 0. The topological polar surface area (TPSA) is 45.4 Å². The fourth-order valence-corrected chi connectivity index (χ4v) is 5.06. The van der Waals surface area contributed by atoms with E-state index in [2.05, 4.69) is 43.1 Å². The molecule has 2 aliphatic heterocycles. The Bertz CT molecular complexity index is 1030. The lowest BCUT2D eigenvalue weighted by molar-refractivity contribution is -0.463. The minimum absolute atomic E-state index is 0.250. The van der Waals surface area contributed by atoms with Crippen molar-refractivity contribution in [3.8, 4) is 0 Å². The van der Waals surface area contributed by atoms with Crippen LogP contribution in [0.2, 0.25) is 0 Å². The largest absolute Gasteiger partial charge is 0.597 e. The number of thiazole rings is 1. The number of carbonyl (C=O) groups excluding carboxylic acids is 1. The summed E-state index contributed by atoms with van der Waals surface area (Å²) in [4.78, 5) is 20.2. The quantitative estimate of drug-likeness (QED) is 0.621. The number of hydrogen-bond acceptors (Lipinski definition) is 5. The SMILES string of the molecule is C[C@H]1CCC(c2ccc3sc(C4=CCN(C)CC4)nc3c2)=[N+](C(=O)OC(C)(C)C)C1. The van der Waals surface area contributed by atoms with Crippen LogP contribution in [0.25, 0.3) is 15.8 Å². The van der Waals surface area contributed by atoms with Crippen molar-refractivity contribution >= 4 is 38.9 Å². The Labute approximate surface area is 183 Å². The summed E-state index contributed by atoms with van der Waals surface area (Å²) >= 11 is 1.76. The Hall–Kier alpha value is -2.05. The van der Waals surface area contributed by atoms with Crippen molar-refractivity contribution in [3.63, 3.8) is 0 Å². The molecule has 6 heteroatoms. The van der Waals surface area contributed by atoms with Crippen molar-refractivity contribution in [2.24, 2.45) is 5.92 Å². The monoisotopic (exact) mass is 426 g/mol. The van der Waals surface area contributed by atoms with Crippen LogP contribution in [0.4, 0.5) is 4.79 Å². The van der Waals surface area contributed by atoms with E-state index in [4.69, 9.17) is 9.72 Å². The van der Waals surface area contributed by atoms with Gasteiger partial charge in [0.05, 0.1) is 10.2 Å². The van der Waals surface area contributed by atoms with Gasteiger partial charge in [0, 0.05) is 31.0 Å². The maximum Gasteiger partial charge on any atom is 0.597 e. The molecule has 0 fully saturated rings. The number of ether oxygens (including phenoxy) is 1. The number of benzene rings is 1. The lowest BCUT2D eigenvalue weighted by Crippen LogP contribution is -2.39. The molecule has 0 bridgehead atoms. The third-order valence-electron chi connectivity index (χ3n) is 5.72. The molecule has 1 aromatic heterocycles. The maximum atomic E-state index is 12.9. The van der Waals surface area contributed by atoms with Gasteiger partial charge in [0.1, 0.15) is 10.6 Å². The molecule has 0 saturated carbocycles. The first-order chi connectivity index (χ1) is 14.2. The van der Waals surface area contributed by atoms with Gasteiger partial charge in [0.25, 0.3) is 0 Å². The Balaban J connectivity index is 1.69. The molecule has 1 atom stereocenters. The van der Waals surface area contributed by atoms with Crippen LogP contribution < -0.4 is 0 Å². The van der Waals surface area contributed by atoms with Gasteiger partial charge in [-0.25, -0.2) is 4.98 Å². The van der Waals surface area contributed by atoms with E-state index in [0.29, 0.717) is 12.5 Å².